The standard InChI is InChI=1S/C31H30N4O8/c32-18-6-9-21-24(15-18)42-25-16-19(33)7-10-22(25)29(21)20-8-5-17(14-23(20)31(40)41)30(39)34-13-3-1-2-4-28(38)43-35-26(36)11-12-27(35)37/h5-10,14-16,29H,1-4,11-13,32-33H2,(H,34,39)(H,40,41). The minimum absolute atomic E-state index is 0.0199. The fraction of sp³-hybridized carbons (Fsp3) is 0.258. The lowest BCUT2D eigenvalue weighted by molar-refractivity contribution is -0.197. The first-order valence-corrected chi connectivity index (χ1v) is 13.8. The number of carbonyl (C=O) groups is 5. The van der Waals surface area contributed by atoms with Crippen molar-refractivity contribution in [2.45, 2.75) is 44.4 Å². The van der Waals surface area contributed by atoms with Gasteiger partial charge in [0.15, 0.2) is 0 Å². The smallest absolute Gasteiger partial charge is 0.336 e. The number of nitrogen functional groups attached to an aromatic ring is 2. The minimum atomic E-state index is -1.19. The van der Waals surface area contributed by atoms with Gasteiger partial charge in [-0.25, -0.2) is 9.59 Å². The summed E-state index contributed by atoms with van der Waals surface area (Å²) in [7, 11) is 0. The summed E-state index contributed by atoms with van der Waals surface area (Å²) in [6.45, 7) is 0.296. The molecule has 6 N–H and O–H groups in total. The zero-order chi connectivity index (χ0) is 30.7. The van der Waals surface area contributed by atoms with Gasteiger partial charge < -0.3 is 31.5 Å². The van der Waals surface area contributed by atoms with E-state index in [-0.39, 0.29) is 30.4 Å². The molecule has 12 heteroatoms. The van der Waals surface area contributed by atoms with E-state index in [4.69, 9.17) is 21.0 Å². The van der Waals surface area contributed by atoms with E-state index in [0.717, 1.165) is 11.1 Å². The van der Waals surface area contributed by atoms with Gasteiger partial charge in [-0.3, -0.25) is 14.4 Å². The van der Waals surface area contributed by atoms with Crippen LogP contribution in [0.25, 0.3) is 0 Å². The molecular formula is C31H30N4O8. The van der Waals surface area contributed by atoms with Gasteiger partial charge >= 0.3 is 11.9 Å². The lowest BCUT2D eigenvalue weighted by Crippen LogP contribution is -2.31. The normalized spacial score (nSPS) is 14.1. The molecule has 0 bridgehead atoms. The number of carbonyl (C=O) groups excluding carboxylic acids is 4. The third-order valence-electron chi connectivity index (χ3n) is 7.32. The van der Waals surface area contributed by atoms with E-state index < -0.39 is 35.6 Å². The molecular weight excluding hydrogens is 556 g/mol. The first kappa shape index (κ1) is 29.1. The fourth-order valence-corrected chi connectivity index (χ4v) is 5.19. The lowest BCUT2D eigenvalue weighted by atomic mass is 9.80. The zero-order valence-electron chi connectivity index (χ0n) is 23.1. The van der Waals surface area contributed by atoms with Gasteiger partial charge in [-0.1, -0.05) is 24.6 Å². The number of ether oxygens (including phenoxy) is 1. The third kappa shape index (κ3) is 6.27. The molecule has 1 saturated heterocycles. The number of nitrogens with two attached hydrogens (primary N) is 2. The van der Waals surface area contributed by atoms with Crippen molar-refractivity contribution in [2.75, 3.05) is 18.0 Å². The Labute approximate surface area is 246 Å². The average molecular weight is 587 g/mol. The highest BCUT2D eigenvalue weighted by Crippen LogP contribution is 2.49. The van der Waals surface area contributed by atoms with Crippen LogP contribution in [0, 0.1) is 0 Å². The third-order valence-corrected chi connectivity index (χ3v) is 7.32. The number of aromatic carboxylic acids is 1. The SMILES string of the molecule is Nc1ccc2c(c1)Oc1cc(N)ccc1C2c1ccc(C(=O)NCCCCCC(=O)ON2C(=O)CCC2=O)cc1C(=O)O. The van der Waals surface area contributed by atoms with E-state index in [0.29, 0.717) is 59.3 Å². The number of hydrogen-bond donors (Lipinski definition) is 4. The highest BCUT2D eigenvalue weighted by atomic mass is 16.7. The van der Waals surface area contributed by atoms with Gasteiger partial charge in [-0.15, -0.1) is 5.06 Å². The molecule has 5 rings (SSSR count). The predicted octanol–water partition coefficient (Wildman–Crippen LogP) is 3.73. The number of hydrogen-bond acceptors (Lipinski definition) is 9. The number of benzene rings is 3. The van der Waals surface area contributed by atoms with Crippen LogP contribution >= 0.6 is 0 Å². The monoisotopic (exact) mass is 586 g/mol. The molecule has 0 atom stereocenters. The summed E-state index contributed by atoms with van der Waals surface area (Å²) in [6.07, 6.45) is 1.65. The maximum atomic E-state index is 12.9. The molecule has 0 aromatic heterocycles. The number of amides is 3. The van der Waals surface area contributed by atoms with Crippen molar-refractivity contribution in [1.29, 1.82) is 0 Å². The van der Waals surface area contributed by atoms with Crippen LogP contribution in [0.3, 0.4) is 0 Å². The Balaban J connectivity index is 1.23. The molecule has 3 amide bonds. The quantitative estimate of drug-likeness (QED) is 0.121. The minimum Gasteiger partial charge on any atom is -0.478 e. The maximum Gasteiger partial charge on any atom is 0.336 e. The first-order valence-electron chi connectivity index (χ1n) is 13.8. The zero-order valence-corrected chi connectivity index (χ0v) is 23.1. The van der Waals surface area contributed by atoms with Crippen molar-refractivity contribution in [1.82, 2.24) is 10.4 Å². The molecule has 1 fully saturated rings. The topological polar surface area (TPSA) is 191 Å². The van der Waals surface area contributed by atoms with E-state index in [1.807, 2.05) is 0 Å². The predicted molar refractivity (Wildman–Crippen MR) is 154 cm³/mol. The van der Waals surface area contributed by atoms with Crippen molar-refractivity contribution in [3.8, 4) is 11.5 Å². The van der Waals surface area contributed by atoms with Crippen LogP contribution in [-0.2, 0) is 19.2 Å². The van der Waals surface area contributed by atoms with Gasteiger partial charge in [-0.2, -0.15) is 0 Å². The van der Waals surface area contributed by atoms with Crippen LogP contribution in [0.4, 0.5) is 11.4 Å². The molecule has 2 heterocycles. The number of imide groups is 1. The fourth-order valence-electron chi connectivity index (χ4n) is 5.19. The first-order chi connectivity index (χ1) is 20.6. The number of nitrogens with zero attached hydrogens (tertiary/aromatic N) is 1. The number of nitrogens with one attached hydrogen (secondary N) is 1. The summed E-state index contributed by atoms with van der Waals surface area (Å²) in [5, 5.41) is 13.4. The molecule has 0 unspecified atom stereocenters. The number of fused-ring (bicyclic) bond motifs is 2. The lowest BCUT2D eigenvalue weighted by Gasteiger charge is -2.30. The van der Waals surface area contributed by atoms with Crippen LogP contribution in [0.2, 0.25) is 0 Å². The Bertz CT molecular complexity index is 1570. The molecule has 2 aliphatic rings. The van der Waals surface area contributed by atoms with Crippen LogP contribution in [0.1, 0.15) is 81.8 Å². The number of carboxylic acid groups (broad SMARTS) is 1. The van der Waals surface area contributed by atoms with Crippen molar-refractivity contribution in [2.24, 2.45) is 0 Å². The Morgan fingerprint density at radius 2 is 1.47 bits per heavy atom. The molecule has 43 heavy (non-hydrogen) atoms. The Morgan fingerprint density at radius 3 is 2.07 bits per heavy atom. The van der Waals surface area contributed by atoms with Gasteiger partial charge in [0, 0.05) is 71.9 Å². The number of hydroxylamine groups is 2. The van der Waals surface area contributed by atoms with Crippen molar-refractivity contribution in [3.05, 3.63) is 82.4 Å². The second kappa shape index (κ2) is 12.2. The summed E-state index contributed by atoms with van der Waals surface area (Å²) in [4.78, 5) is 65.1. The van der Waals surface area contributed by atoms with Crippen LogP contribution in [0.5, 0.6) is 11.5 Å². The van der Waals surface area contributed by atoms with Gasteiger partial charge in [0.05, 0.1) is 5.56 Å². The van der Waals surface area contributed by atoms with Gasteiger partial charge in [0.2, 0.25) is 0 Å². The number of unbranched alkanes of at least 4 members (excludes halogenated alkanes) is 2. The second-order valence-corrected chi connectivity index (χ2v) is 10.3. The maximum absolute atomic E-state index is 12.9. The summed E-state index contributed by atoms with van der Waals surface area (Å²) >= 11 is 0. The highest BCUT2D eigenvalue weighted by Gasteiger charge is 2.33. The van der Waals surface area contributed by atoms with E-state index in [9.17, 15) is 29.1 Å². The molecule has 222 valence electrons. The highest BCUT2D eigenvalue weighted by molar-refractivity contribution is 6.01. The molecule has 2 aliphatic heterocycles. The summed E-state index contributed by atoms with van der Waals surface area (Å²) in [6, 6.07) is 15.0. The molecule has 3 aromatic rings. The molecule has 0 aliphatic carbocycles. The average Bonchev–Trinajstić information content (AvgIpc) is 3.29. The van der Waals surface area contributed by atoms with Gasteiger partial charge in [0.1, 0.15) is 11.5 Å². The van der Waals surface area contributed by atoms with Crippen LogP contribution < -0.4 is 21.5 Å². The summed E-state index contributed by atoms with van der Waals surface area (Å²) in [5.41, 5.74) is 15.0. The van der Waals surface area contributed by atoms with Crippen LogP contribution in [0.15, 0.2) is 54.6 Å². The van der Waals surface area contributed by atoms with E-state index >= 15 is 0 Å². The van der Waals surface area contributed by atoms with Crippen molar-refractivity contribution >= 4 is 41.0 Å². The van der Waals surface area contributed by atoms with Gasteiger partial charge in [0.25, 0.3) is 17.7 Å². The largest absolute Gasteiger partial charge is 0.478 e. The van der Waals surface area contributed by atoms with Crippen molar-refractivity contribution in [3.63, 3.8) is 0 Å². The summed E-state index contributed by atoms with van der Waals surface area (Å²) < 4.78 is 6.05. The van der Waals surface area contributed by atoms with E-state index in [2.05, 4.69) is 5.32 Å². The Kier molecular flexibility index (Phi) is 8.28. The Morgan fingerprint density at radius 1 is 0.860 bits per heavy atom. The summed E-state index contributed by atoms with van der Waals surface area (Å²) in [5.74, 6) is -2.87. The number of anilines is 2. The molecule has 0 spiro atoms. The van der Waals surface area contributed by atoms with Crippen LogP contribution in [-0.4, -0.2) is 46.4 Å². The second-order valence-electron chi connectivity index (χ2n) is 10.3. The number of rotatable bonds is 10. The van der Waals surface area contributed by atoms with E-state index in [1.165, 1.54) is 6.07 Å². The van der Waals surface area contributed by atoms with Gasteiger partial charge in [-0.05, 0) is 42.7 Å². The van der Waals surface area contributed by atoms with E-state index in [1.54, 1.807) is 48.5 Å². The molecule has 3 aromatic carbocycles. The molecule has 12 nitrogen and oxygen atoms in total. The molecule has 0 radical (unpaired) electrons. The number of carboxylic acids is 1. The molecule has 0 saturated carbocycles. The van der Waals surface area contributed by atoms with Crippen molar-refractivity contribution < 1.29 is 38.7 Å². The Hall–Kier alpha value is -5.39.